The number of hydrogen-bond donors (Lipinski definition) is 5. The number of hydrogen-bond acceptors (Lipinski definition) is 7. The van der Waals surface area contributed by atoms with Gasteiger partial charge in [-0.1, -0.05) is 30.3 Å². The van der Waals surface area contributed by atoms with Gasteiger partial charge in [0.15, 0.2) is 0 Å². The molecule has 0 atom stereocenters. The fourth-order valence-corrected chi connectivity index (χ4v) is 4.18. The van der Waals surface area contributed by atoms with Crippen LogP contribution in [0.2, 0.25) is 0 Å². The van der Waals surface area contributed by atoms with Gasteiger partial charge in [0.1, 0.15) is 35.3 Å². The Hall–Kier alpha value is -4.16. The van der Waals surface area contributed by atoms with Crippen molar-refractivity contribution in [1.82, 2.24) is 31.5 Å². The summed E-state index contributed by atoms with van der Waals surface area (Å²) in [6, 6.07) is 9.03. The molecule has 238 valence electrons. The molecule has 0 saturated carbocycles. The van der Waals surface area contributed by atoms with Crippen molar-refractivity contribution in [3.8, 4) is 0 Å². The third-order valence-electron chi connectivity index (χ3n) is 6.97. The van der Waals surface area contributed by atoms with Crippen LogP contribution >= 0.6 is 0 Å². The van der Waals surface area contributed by atoms with Crippen molar-refractivity contribution in [1.29, 1.82) is 0 Å². The Kier molecular flexibility index (Phi) is 11.3. The Balaban J connectivity index is 1.88. The summed E-state index contributed by atoms with van der Waals surface area (Å²) < 4.78 is 5.07. The maximum atomic E-state index is 13.2. The van der Waals surface area contributed by atoms with Crippen LogP contribution in [0.1, 0.15) is 73.8 Å². The topological polar surface area (TPSA) is 175 Å². The van der Waals surface area contributed by atoms with Crippen molar-refractivity contribution in [2.75, 3.05) is 19.6 Å². The van der Waals surface area contributed by atoms with E-state index in [1.165, 1.54) is 41.5 Å². The molecular weight excluding hydrogens is 556 g/mol. The van der Waals surface area contributed by atoms with Gasteiger partial charge >= 0.3 is 6.09 Å². The van der Waals surface area contributed by atoms with E-state index in [9.17, 15) is 28.8 Å². The van der Waals surface area contributed by atoms with Gasteiger partial charge in [-0.15, -0.1) is 0 Å². The molecule has 1 aliphatic rings. The molecule has 6 amide bonds. The number of rotatable bonds is 12. The maximum absolute atomic E-state index is 13.2. The van der Waals surface area contributed by atoms with Crippen molar-refractivity contribution in [2.24, 2.45) is 0 Å². The lowest BCUT2D eigenvalue weighted by Gasteiger charge is -2.36. The molecule has 1 aliphatic heterocycles. The molecule has 5 N–H and O–H groups in total. The largest absolute Gasteiger partial charge is 0.445 e. The van der Waals surface area contributed by atoms with E-state index in [-0.39, 0.29) is 12.5 Å². The fourth-order valence-electron chi connectivity index (χ4n) is 4.18. The summed E-state index contributed by atoms with van der Waals surface area (Å²) in [6.07, 6.45) is 1.04. The maximum Gasteiger partial charge on any atom is 0.407 e. The molecule has 2 rings (SSSR count). The Labute approximate surface area is 253 Å². The molecule has 1 saturated heterocycles. The smallest absolute Gasteiger partial charge is 0.407 e. The fraction of sp³-hybridized carbons (Fsp3) is 0.600. The lowest BCUT2D eigenvalue weighted by Crippen LogP contribution is -2.67. The van der Waals surface area contributed by atoms with Crippen LogP contribution < -0.4 is 26.6 Å². The third kappa shape index (κ3) is 10.3. The van der Waals surface area contributed by atoms with E-state index in [1.807, 2.05) is 6.07 Å². The van der Waals surface area contributed by atoms with Crippen molar-refractivity contribution in [3.63, 3.8) is 0 Å². The van der Waals surface area contributed by atoms with Crippen LogP contribution in [0.15, 0.2) is 30.3 Å². The van der Waals surface area contributed by atoms with E-state index in [0.29, 0.717) is 13.1 Å². The number of nitrogens with zero attached hydrogens (tertiary/aromatic N) is 1. The predicted molar refractivity (Wildman–Crippen MR) is 159 cm³/mol. The molecular formula is C30H46N6O7. The number of carbonyl (C=O) groups is 6. The van der Waals surface area contributed by atoms with E-state index in [4.69, 9.17) is 4.74 Å². The molecule has 43 heavy (non-hydrogen) atoms. The number of benzene rings is 1. The first-order valence-electron chi connectivity index (χ1n) is 14.3. The van der Waals surface area contributed by atoms with Crippen molar-refractivity contribution < 1.29 is 33.5 Å². The van der Waals surface area contributed by atoms with Gasteiger partial charge in [0.05, 0.1) is 0 Å². The van der Waals surface area contributed by atoms with Crippen molar-refractivity contribution >= 4 is 35.6 Å². The zero-order valence-electron chi connectivity index (χ0n) is 26.4. The zero-order valence-corrected chi connectivity index (χ0v) is 26.4. The number of likely N-dealkylation sites (tertiary alicyclic amines) is 1. The van der Waals surface area contributed by atoms with Crippen LogP contribution in [-0.4, -0.2) is 82.3 Å². The quantitative estimate of drug-likeness (QED) is 0.238. The number of alkyl carbamates (subject to hydrolysis) is 1. The summed E-state index contributed by atoms with van der Waals surface area (Å²) in [7, 11) is 0. The molecule has 0 spiro atoms. The van der Waals surface area contributed by atoms with Crippen LogP contribution in [0, 0.1) is 0 Å². The SMILES string of the molecule is CC(C)(NC(=O)CNC(=O)OCc1ccccc1)C(=O)NC(C)(C)C(=O)NC(C)(C)C(=O)NC(C)(C)C(=O)N1CCCC1. The van der Waals surface area contributed by atoms with Crippen LogP contribution in [0.4, 0.5) is 4.79 Å². The van der Waals surface area contributed by atoms with Gasteiger partial charge in [-0.25, -0.2) is 4.79 Å². The summed E-state index contributed by atoms with van der Waals surface area (Å²) in [4.78, 5) is 78.3. The zero-order chi connectivity index (χ0) is 32.6. The molecule has 1 aromatic rings. The Morgan fingerprint density at radius 3 is 1.60 bits per heavy atom. The number of ether oxygens (including phenoxy) is 1. The summed E-state index contributed by atoms with van der Waals surface area (Å²) in [5.41, 5.74) is -4.77. The van der Waals surface area contributed by atoms with E-state index in [2.05, 4.69) is 26.6 Å². The molecule has 0 radical (unpaired) electrons. The van der Waals surface area contributed by atoms with E-state index in [1.54, 1.807) is 43.0 Å². The highest BCUT2D eigenvalue weighted by Gasteiger charge is 2.42. The highest BCUT2D eigenvalue weighted by molar-refractivity contribution is 6.00. The van der Waals surface area contributed by atoms with Gasteiger partial charge in [-0.3, -0.25) is 24.0 Å². The summed E-state index contributed by atoms with van der Waals surface area (Å²) in [5.74, 6) is -2.75. The summed E-state index contributed by atoms with van der Waals surface area (Å²) >= 11 is 0. The number of amides is 6. The van der Waals surface area contributed by atoms with Crippen LogP contribution in [0.5, 0.6) is 0 Å². The lowest BCUT2D eigenvalue weighted by molar-refractivity contribution is -0.143. The van der Waals surface area contributed by atoms with Gasteiger partial charge in [-0.05, 0) is 73.8 Å². The predicted octanol–water partition coefficient (Wildman–Crippen LogP) is 1.11. The van der Waals surface area contributed by atoms with Gasteiger partial charge in [0, 0.05) is 13.1 Å². The second-order valence-corrected chi connectivity index (χ2v) is 12.8. The minimum absolute atomic E-state index is 0.0340. The summed E-state index contributed by atoms with van der Waals surface area (Å²) in [5, 5.41) is 12.8. The Bertz CT molecular complexity index is 1200. The van der Waals surface area contributed by atoms with E-state index >= 15 is 0 Å². The average Bonchev–Trinajstić information content (AvgIpc) is 3.44. The molecule has 13 nitrogen and oxygen atoms in total. The standard InChI is InChI=1S/C30H46N6O7/c1-27(2,32-21(37)18-31-26(42)43-19-20-14-10-9-11-15-20)22(38)33-28(3,4)23(39)34-29(5,6)24(40)35-30(7,8)25(41)36-16-12-13-17-36/h9-11,14-15H,12-13,16-19H2,1-8H3,(H,31,42)(H,32,37)(H,33,38)(H,34,39)(H,35,40). The molecule has 1 heterocycles. The van der Waals surface area contributed by atoms with Crippen molar-refractivity contribution in [3.05, 3.63) is 35.9 Å². The average molecular weight is 603 g/mol. The van der Waals surface area contributed by atoms with Crippen molar-refractivity contribution in [2.45, 2.75) is 97.0 Å². The first kappa shape index (κ1) is 35.0. The third-order valence-corrected chi connectivity index (χ3v) is 6.97. The minimum atomic E-state index is -1.49. The Morgan fingerprint density at radius 1 is 0.674 bits per heavy atom. The second-order valence-electron chi connectivity index (χ2n) is 12.8. The van der Waals surface area contributed by atoms with Gasteiger partial charge < -0.3 is 36.2 Å². The molecule has 0 aliphatic carbocycles. The highest BCUT2D eigenvalue weighted by Crippen LogP contribution is 2.17. The minimum Gasteiger partial charge on any atom is -0.445 e. The number of carbonyl (C=O) groups excluding carboxylic acids is 6. The summed E-state index contributed by atoms with van der Waals surface area (Å²) in [6.45, 7) is 12.9. The highest BCUT2D eigenvalue weighted by atomic mass is 16.5. The second kappa shape index (κ2) is 13.9. The van der Waals surface area contributed by atoms with Gasteiger partial charge in [0.2, 0.25) is 29.5 Å². The molecule has 0 unspecified atom stereocenters. The Morgan fingerprint density at radius 2 is 1.12 bits per heavy atom. The van der Waals surface area contributed by atoms with Crippen LogP contribution in [-0.2, 0) is 35.3 Å². The van der Waals surface area contributed by atoms with Gasteiger partial charge in [-0.2, -0.15) is 0 Å². The first-order valence-corrected chi connectivity index (χ1v) is 14.3. The van der Waals surface area contributed by atoms with Gasteiger partial charge in [0.25, 0.3) is 0 Å². The monoisotopic (exact) mass is 602 g/mol. The van der Waals surface area contributed by atoms with Crippen LogP contribution in [0.3, 0.4) is 0 Å². The molecule has 1 aromatic carbocycles. The molecule has 0 bridgehead atoms. The first-order chi connectivity index (χ1) is 19.8. The molecule has 1 fully saturated rings. The number of nitrogens with one attached hydrogen (secondary N) is 5. The normalized spacial score (nSPS) is 13.9. The van der Waals surface area contributed by atoms with Crippen LogP contribution in [0.25, 0.3) is 0 Å². The molecule has 0 aromatic heterocycles. The molecule has 13 heteroatoms. The lowest BCUT2D eigenvalue weighted by atomic mass is 9.95. The van der Waals surface area contributed by atoms with E-state index in [0.717, 1.165) is 18.4 Å². The van der Waals surface area contributed by atoms with E-state index < -0.39 is 58.4 Å².